The summed E-state index contributed by atoms with van der Waals surface area (Å²) in [5.74, 6) is -0.858. The molecule has 1 amide bonds. The molecule has 27 heavy (non-hydrogen) atoms. The zero-order valence-electron chi connectivity index (χ0n) is 16.8. The maximum atomic E-state index is 11.9. The van der Waals surface area contributed by atoms with Crippen LogP contribution in [0.1, 0.15) is 104 Å². The molecule has 0 radical (unpaired) electrons. The van der Waals surface area contributed by atoms with Crippen LogP contribution < -0.4 is 5.32 Å². The summed E-state index contributed by atoms with van der Waals surface area (Å²) in [6, 6.07) is 0. The number of nitrogens with one attached hydrogen (secondary N) is 1. The van der Waals surface area contributed by atoms with Crippen molar-refractivity contribution in [1.82, 2.24) is 5.32 Å². The Morgan fingerprint density at radius 3 is 1.59 bits per heavy atom. The number of hydrogen-bond acceptors (Lipinski definition) is 4. The zero-order chi connectivity index (χ0) is 20.1. The van der Waals surface area contributed by atoms with Crippen molar-refractivity contribution in [3.63, 3.8) is 0 Å². The van der Waals surface area contributed by atoms with Crippen molar-refractivity contribution in [2.24, 2.45) is 0 Å². The van der Waals surface area contributed by atoms with E-state index in [4.69, 9.17) is 0 Å². The molecule has 0 aliphatic rings. The van der Waals surface area contributed by atoms with Gasteiger partial charge < -0.3 is 10.4 Å². The SMILES string of the molecule is CCCCCCCCCCCCCCC(C(=O)NC(C)(C)O)S(=O)(=O)O.[NaH]. The molecule has 0 fully saturated rings. The van der Waals surface area contributed by atoms with Crippen molar-refractivity contribution in [2.45, 2.75) is 115 Å². The molecular weight excluding hydrogens is 377 g/mol. The Hall–Kier alpha value is 0.340. The van der Waals surface area contributed by atoms with E-state index in [2.05, 4.69) is 12.2 Å². The van der Waals surface area contributed by atoms with Crippen LogP contribution >= 0.6 is 0 Å². The van der Waals surface area contributed by atoms with Crippen LogP contribution in [0.3, 0.4) is 0 Å². The van der Waals surface area contributed by atoms with Crippen LogP contribution in [-0.2, 0) is 14.9 Å². The second kappa shape index (κ2) is 16.2. The predicted octanol–water partition coefficient (Wildman–Crippen LogP) is 3.53. The van der Waals surface area contributed by atoms with Gasteiger partial charge in [0.25, 0.3) is 10.1 Å². The fourth-order valence-corrected chi connectivity index (χ4v) is 3.76. The fourth-order valence-electron chi connectivity index (χ4n) is 2.97. The van der Waals surface area contributed by atoms with Crippen molar-refractivity contribution >= 4 is 45.6 Å². The monoisotopic (exact) mass is 417 g/mol. The van der Waals surface area contributed by atoms with Gasteiger partial charge in [-0.15, -0.1) is 0 Å². The number of unbranched alkanes of at least 4 members (excludes halogenated alkanes) is 11. The van der Waals surface area contributed by atoms with Crippen LogP contribution in [0.4, 0.5) is 0 Å². The third-order valence-corrected chi connectivity index (χ3v) is 5.57. The van der Waals surface area contributed by atoms with E-state index in [1.54, 1.807) is 0 Å². The van der Waals surface area contributed by atoms with Gasteiger partial charge in [0.1, 0.15) is 5.72 Å². The van der Waals surface area contributed by atoms with Crippen molar-refractivity contribution < 1.29 is 22.9 Å². The molecule has 0 spiro atoms. The standard InChI is InChI=1S/C19H39NO5S.Na.H/c1-4-5-6-7-8-9-10-11-12-13-14-15-16-17(26(23,24)25)18(21)20-19(2,3)22;;/h17,22H,4-16H2,1-3H3,(H,20,21)(H,23,24,25);;. The molecule has 0 rings (SSSR count). The molecule has 0 aromatic heterocycles. The van der Waals surface area contributed by atoms with E-state index in [1.165, 1.54) is 65.2 Å². The van der Waals surface area contributed by atoms with Gasteiger partial charge in [-0.05, 0) is 20.3 Å². The zero-order valence-corrected chi connectivity index (χ0v) is 17.6. The fraction of sp³-hybridized carbons (Fsp3) is 0.947. The maximum absolute atomic E-state index is 11.9. The Labute approximate surface area is 188 Å². The number of aliphatic hydroxyl groups is 1. The Morgan fingerprint density at radius 2 is 1.26 bits per heavy atom. The van der Waals surface area contributed by atoms with E-state index in [0.717, 1.165) is 19.3 Å². The summed E-state index contributed by atoms with van der Waals surface area (Å²) < 4.78 is 32.1. The minimum absolute atomic E-state index is 0. The van der Waals surface area contributed by atoms with Crippen LogP contribution in [-0.4, -0.2) is 64.5 Å². The summed E-state index contributed by atoms with van der Waals surface area (Å²) in [7, 11) is -4.47. The Kier molecular flexibility index (Phi) is 17.7. The third kappa shape index (κ3) is 18.1. The van der Waals surface area contributed by atoms with E-state index in [1.807, 2.05) is 0 Å². The summed E-state index contributed by atoms with van der Waals surface area (Å²) in [6.45, 7) is 4.91. The first-order chi connectivity index (χ1) is 12.1. The van der Waals surface area contributed by atoms with Crippen molar-refractivity contribution in [3.8, 4) is 0 Å². The quantitative estimate of drug-likeness (QED) is 0.154. The van der Waals surface area contributed by atoms with Crippen LogP contribution in [0.25, 0.3) is 0 Å². The van der Waals surface area contributed by atoms with Gasteiger partial charge in [-0.3, -0.25) is 9.35 Å². The summed E-state index contributed by atoms with van der Waals surface area (Å²) in [5.41, 5.74) is -1.52. The molecule has 8 heteroatoms. The van der Waals surface area contributed by atoms with Gasteiger partial charge in [0, 0.05) is 0 Å². The van der Waals surface area contributed by atoms with Gasteiger partial charge in [0.05, 0.1) is 0 Å². The van der Waals surface area contributed by atoms with Gasteiger partial charge in [0.2, 0.25) is 5.91 Å². The van der Waals surface area contributed by atoms with Gasteiger partial charge in [-0.2, -0.15) is 8.42 Å². The molecule has 0 bridgehead atoms. The Balaban J connectivity index is 0. The summed E-state index contributed by atoms with van der Waals surface area (Å²) >= 11 is 0. The van der Waals surface area contributed by atoms with Crippen LogP contribution in [0.15, 0.2) is 0 Å². The molecule has 0 aliphatic heterocycles. The summed E-state index contributed by atoms with van der Waals surface area (Å²) in [4.78, 5) is 11.9. The number of rotatable bonds is 16. The molecule has 1 unspecified atom stereocenters. The number of carbonyl (C=O) groups is 1. The first-order valence-corrected chi connectivity index (χ1v) is 11.6. The Bertz CT molecular complexity index is 477. The first kappa shape index (κ1) is 29.5. The molecule has 6 nitrogen and oxygen atoms in total. The van der Waals surface area contributed by atoms with Crippen molar-refractivity contribution in [1.29, 1.82) is 0 Å². The number of carbonyl (C=O) groups excluding carboxylic acids is 1. The normalized spacial score (nSPS) is 13.1. The van der Waals surface area contributed by atoms with Gasteiger partial charge >= 0.3 is 29.6 Å². The van der Waals surface area contributed by atoms with Crippen molar-refractivity contribution in [3.05, 3.63) is 0 Å². The molecule has 158 valence electrons. The average Bonchev–Trinajstić information content (AvgIpc) is 2.48. The number of amides is 1. The molecule has 0 saturated heterocycles. The van der Waals surface area contributed by atoms with E-state index < -0.39 is 27.0 Å². The summed E-state index contributed by atoms with van der Waals surface area (Å²) in [6.07, 6.45) is 13.9. The molecule has 0 aliphatic carbocycles. The van der Waals surface area contributed by atoms with E-state index >= 15 is 0 Å². The molecule has 0 saturated carbocycles. The topological polar surface area (TPSA) is 104 Å². The van der Waals surface area contributed by atoms with Crippen LogP contribution in [0.5, 0.6) is 0 Å². The van der Waals surface area contributed by atoms with Crippen LogP contribution in [0.2, 0.25) is 0 Å². The van der Waals surface area contributed by atoms with Gasteiger partial charge in [-0.1, -0.05) is 84.0 Å². The second-order valence-corrected chi connectivity index (χ2v) is 9.33. The number of hydrogen-bond donors (Lipinski definition) is 3. The second-order valence-electron chi connectivity index (χ2n) is 7.73. The molecule has 0 aromatic carbocycles. The van der Waals surface area contributed by atoms with Gasteiger partial charge in [-0.25, -0.2) is 0 Å². The molecule has 0 heterocycles. The van der Waals surface area contributed by atoms with E-state index in [9.17, 15) is 22.9 Å². The Morgan fingerprint density at radius 1 is 0.889 bits per heavy atom. The molecular formula is C19H40NNaO5S. The minimum atomic E-state index is -4.47. The third-order valence-electron chi connectivity index (χ3n) is 4.40. The van der Waals surface area contributed by atoms with Crippen molar-refractivity contribution in [2.75, 3.05) is 0 Å². The average molecular weight is 418 g/mol. The van der Waals surface area contributed by atoms with E-state index in [0.29, 0.717) is 6.42 Å². The first-order valence-electron chi connectivity index (χ1n) is 10.1. The summed E-state index contributed by atoms with van der Waals surface area (Å²) in [5, 5.41) is 10.2. The molecule has 3 N–H and O–H groups in total. The van der Waals surface area contributed by atoms with E-state index in [-0.39, 0.29) is 36.0 Å². The predicted molar refractivity (Wildman–Crippen MR) is 113 cm³/mol. The molecule has 1 atom stereocenters. The van der Waals surface area contributed by atoms with Crippen LogP contribution in [0, 0.1) is 0 Å². The van der Waals surface area contributed by atoms with Gasteiger partial charge in [0.15, 0.2) is 5.25 Å². The molecule has 0 aromatic rings.